The maximum Gasteiger partial charge on any atom is 0.227 e. The average Bonchev–Trinajstić information content (AvgIpc) is 2.32. The molecule has 0 aliphatic heterocycles. The van der Waals surface area contributed by atoms with Gasteiger partial charge in [-0.05, 0) is 11.6 Å². The smallest absolute Gasteiger partial charge is 0.227 e. The van der Waals surface area contributed by atoms with Crippen LogP contribution >= 0.6 is 0 Å². The van der Waals surface area contributed by atoms with Crippen LogP contribution < -0.4 is 0 Å². The summed E-state index contributed by atoms with van der Waals surface area (Å²) >= 11 is 0. The van der Waals surface area contributed by atoms with Gasteiger partial charge in [0.1, 0.15) is 5.82 Å². The number of rotatable bonds is 6. The van der Waals surface area contributed by atoms with Crippen LogP contribution in [0.3, 0.4) is 0 Å². The van der Waals surface area contributed by atoms with Crippen LogP contribution in [-0.4, -0.2) is 35.6 Å². The molecular formula is C13H16FNO2. The highest BCUT2D eigenvalue weighted by Crippen LogP contribution is 2.08. The summed E-state index contributed by atoms with van der Waals surface area (Å²) in [5.74, 6) is -0.604. The van der Waals surface area contributed by atoms with Gasteiger partial charge in [0.25, 0.3) is 0 Å². The molecular weight excluding hydrogens is 221 g/mol. The van der Waals surface area contributed by atoms with Gasteiger partial charge < -0.3 is 10.0 Å². The summed E-state index contributed by atoms with van der Waals surface area (Å²) < 4.78 is 13.3. The first-order chi connectivity index (χ1) is 8.19. The van der Waals surface area contributed by atoms with Crippen LogP contribution in [0, 0.1) is 5.82 Å². The van der Waals surface area contributed by atoms with Crippen molar-refractivity contribution in [2.75, 3.05) is 19.7 Å². The fraction of sp³-hybridized carbons (Fsp3) is 0.308. The van der Waals surface area contributed by atoms with E-state index >= 15 is 0 Å². The zero-order valence-electron chi connectivity index (χ0n) is 9.60. The largest absolute Gasteiger partial charge is 0.395 e. The Bertz CT molecular complexity index is 393. The third kappa shape index (κ3) is 4.00. The minimum atomic E-state index is -0.386. The van der Waals surface area contributed by atoms with Crippen LogP contribution in [0.15, 0.2) is 36.9 Å². The summed E-state index contributed by atoms with van der Waals surface area (Å²) in [4.78, 5) is 13.3. The standard InChI is InChI=1S/C13H16FNO2/c1-2-7-15(8-9-16)13(17)10-11-5-3-4-6-12(11)14/h2-6,16H,1,7-10H2. The van der Waals surface area contributed by atoms with Gasteiger partial charge in [0.05, 0.1) is 13.0 Å². The molecule has 0 aromatic heterocycles. The second kappa shape index (κ2) is 6.81. The number of benzene rings is 1. The highest BCUT2D eigenvalue weighted by atomic mass is 19.1. The number of carbonyl (C=O) groups is 1. The van der Waals surface area contributed by atoms with Crippen molar-refractivity contribution in [3.63, 3.8) is 0 Å². The van der Waals surface area contributed by atoms with Gasteiger partial charge in [0, 0.05) is 13.1 Å². The van der Waals surface area contributed by atoms with Gasteiger partial charge >= 0.3 is 0 Å². The van der Waals surface area contributed by atoms with Gasteiger partial charge in [-0.3, -0.25) is 4.79 Å². The number of nitrogens with zero attached hydrogens (tertiary/aromatic N) is 1. The predicted molar refractivity (Wildman–Crippen MR) is 64.0 cm³/mol. The van der Waals surface area contributed by atoms with Crippen molar-refractivity contribution in [2.45, 2.75) is 6.42 Å². The Morgan fingerprint density at radius 2 is 2.18 bits per heavy atom. The van der Waals surface area contributed by atoms with Crippen molar-refractivity contribution in [3.8, 4) is 0 Å². The summed E-state index contributed by atoms with van der Waals surface area (Å²) in [5.41, 5.74) is 0.365. The topological polar surface area (TPSA) is 40.5 Å². The molecule has 92 valence electrons. The van der Waals surface area contributed by atoms with Crippen molar-refractivity contribution in [3.05, 3.63) is 48.3 Å². The molecule has 1 aromatic rings. The van der Waals surface area contributed by atoms with E-state index in [-0.39, 0.29) is 31.3 Å². The maximum absolute atomic E-state index is 13.3. The van der Waals surface area contributed by atoms with E-state index in [1.54, 1.807) is 24.3 Å². The number of halogens is 1. The van der Waals surface area contributed by atoms with E-state index in [2.05, 4.69) is 6.58 Å². The Hall–Kier alpha value is -1.68. The molecule has 0 atom stereocenters. The van der Waals surface area contributed by atoms with E-state index < -0.39 is 0 Å². The molecule has 0 aliphatic carbocycles. The van der Waals surface area contributed by atoms with Gasteiger partial charge in [-0.15, -0.1) is 6.58 Å². The van der Waals surface area contributed by atoms with Crippen molar-refractivity contribution < 1.29 is 14.3 Å². The first-order valence-corrected chi connectivity index (χ1v) is 5.42. The normalized spacial score (nSPS) is 10.0. The minimum Gasteiger partial charge on any atom is -0.395 e. The molecule has 1 aromatic carbocycles. The number of carbonyl (C=O) groups excluding carboxylic acids is 1. The second-order valence-electron chi connectivity index (χ2n) is 3.62. The van der Waals surface area contributed by atoms with Crippen LogP contribution in [0.5, 0.6) is 0 Å². The molecule has 0 spiro atoms. The number of hydrogen-bond donors (Lipinski definition) is 1. The molecule has 1 rings (SSSR count). The molecule has 0 heterocycles. The Morgan fingerprint density at radius 3 is 2.76 bits per heavy atom. The van der Waals surface area contributed by atoms with E-state index in [9.17, 15) is 9.18 Å². The maximum atomic E-state index is 13.3. The Morgan fingerprint density at radius 1 is 1.47 bits per heavy atom. The number of aliphatic hydroxyl groups is 1. The molecule has 17 heavy (non-hydrogen) atoms. The van der Waals surface area contributed by atoms with E-state index in [0.717, 1.165) is 0 Å². The molecule has 0 saturated carbocycles. The lowest BCUT2D eigenvalue weighted by atomic mass is 10.1. The molecule has 0 fully saturated rings. The van der Waals surface area contributed by atoms with Crippen LogP contribution in [0.1, 0.15) is 5.56 Å². The zero-order chi connectivity index (χ0) is 12.7. The van der Waals surface area contributed by atoms with Crippen molar-refractivity contribution in [1.82, 2.24) is 4.90 Å². The molecule has 0 aliphatic rings. The number of hydrogen-bond acceptors (Lipinski definition) is 2. The third-order valence-electron chi connectivity index (χ3n) is 2.37. The molecule has 1 amide bonds. The van der Waals surface area contributed by atoms with Crippen LogP contribution in [0.4, 0.5) is 4.39 Å². The summed E-state index contributed by atoms with van der Waals surface area (Å²) in [6, 6.07) is 6.18. The number of aliphatic hydroxyl groups excluding tert-OH is 1. The molecule has 0 saturated heterocycles. The van der Waals surface area contributed by atoms with Gasteiger partial charge in [0.15, 0.2) is 0 Å². The third-order valence-corrected chi connectivity index (χ3v) is 2.37. The lowest BCUT2D eigenvalue weighted by Gasteiger charge is -2.20. The summed E-state index contributed by atoms with van der Waals surface area (Å²) in [6.45, 7) is 4.02. The summed E-state index contributed by atoms with van der Waals surface area (Å²) in [6.07, 6.45) is 1.58. The van der Waals surface area contributed by atoms with Crippen LogP contribution in [-0.2, 0) is 11.2 Å². The van der Waals surface area contributed by atoms with E-state index in [1.165, 1.54) is 11.0 Å². The monoisotopic (exact) mass is 237 g/mol. The SMILES string of the molecule is C=CCN(CCO)C(=O)Cc1ccccc1F. The second-order valence-corrected chi connectivity index (χ2v) is 3.62. The fourth-order valence-corrected chi connectivity index (χ4v) is 1.51. The average molecular weight is 237 g/mol. The Kier molecular flexibility index (Phi) is 5.36. The van der Waals surface area contributed by atoms with Crippen molar-refractivity contribution in [1.29, 1.82) is 0 Å². The molecule has 0 bridgehead atoms. The highest BCUT2D eigenvalue weighted by Gasteiger charge is 2.13. The summed E-state index contributed by atoms with van der Waals surface area (Å²) in [7, 11) is 0. The Balaban J connectivity index is 2.69. The minimum absolute atomic E-state index is 0.000509. The van der Waals surface area contributed by atoms with E-state index in [1.807, 2.05) is 0 Å². The van der Waals surface area contributed by atoms with Gasteiger partial charge in [-0.2, -0.15) is 0 Å². The number of amides is 1. The van der Waals surface area contributed by atoms with Gasteiger partial charge in [0.2, 0.25) is 5.91 Å². The fourth-order valence-electron chi connectivity index (χ4n) is 1.51. The van der Waals surface area contributed by atoms with Crippen LogP contribution in [0.2, 0.25) is 0 Å². The van der Waals surface area contributed by atoms with E-state index in [0.29, 0.717) is 12.1 Å². The quantitative estimate of drug-likeness (QED) is 0.759. The lowest BCUT2D eigenvalue weighted by Crippen LogP contribution is -2.35. The first kappa shape index (κ1) is 13.4. The molecule has 4 heteroatoms. The van der Waals surface area contributed by atoms with Gasteiger partial charge in [-0.25, -0.2) is 4.39 Å². The first-order valence-electron chi connectivity index (χ1n) is 5.42. The molecule has 0 radical (unpaired) electrons. The van der Waals surface area contributed by atoms with E-state index in [4.69, 9.17) is 5.11 Å². The highest BCUT2D eigenvalue weighted by molar-refractivity contribution is 5.79. The zero-order valence-corrected chi connectivity index (χ0v) is 9.60. The van der Waals surface area contributed by atoms with Gasteiger partial charge in [-0.1, -0.05) is 24.3 Å². The summed E-state index contributed by atoms with van der Waals surface area (Å²) in [5, 5.41) is 8.83. The van der Waals surface area contributed by atoms with Crippen LogP contribution in [0.25, 0.3) is 0 Å². The van der Waals surface area contributed by atoms with Crippen molar-refractivity contribution >= 4 is 5.91 Å². The van der Waals surface area contributed by atoms with Crippen molar-refractivity contribution in [2.24, 2.45) is 0 Å². The molecule has 1 N–H and O–H groups in total. The predicted octanol–water partition coefficient (Wildman–Crippen LogP) is 1.38. The molecule has 3 nitrogen and oxygen atoms in total. The Labute approximate surface area is 100 Å². The lowest BCUT2D eigenvalue weighted by molar-refractivity contribution is -0.130. The molecule has 0 unspecified atom stereocenters.